The standard InChI is InChI=1S/C21H21BrN4O2/c22-18-8-6-16(7-9-18)14-20(27)26-12-10-25(11-13-26)15-19-23-21(24-28-19)17-4-2-1-3-5-17/h1-9H,10-15H2. The Labute approximate surface area is 172 Å². The van der Waals surface area contributed by atoms with E-state index in [0.717, 1.165) is 41.8 Å². The summed E-state index contributed by atoms with van der Waals surface area (Å²) in [5.74, 6) is 1.39. The molecular weight excluding hydrogens is 420 g/mol. The molecule has 28 heavy (non-hydrogen) atoms. The minimum Gasteiger partial charge on any atom is -0.340 e. The first-order valence-corrected chi connectivity index (χ1v) is 10.1. The Morgan fingerprint density at radius 3 is 2.43 bits per heavy atom. The fraction of sp³-hybridized carbons (Fsp3) is 0.286. The van der Waals surface area contributed by atoms with Crippen molar-refractivity contribution in [3.05, 3.63) is 70.5 Å². The summed E-state index contributed by atoms with van der Waals surface area (Å²) < 4.78 is 6.42. The van der Waals surface area contributed by atoms with Gasteiger partial charge in [-0.2, -0.15) is 4.98 Å². The van der Waals surface area contributed by atoms with Crippen LogP contribution in [0, 0.1) is 0 Å². The first-order chi connectivity index (χ1) is 13.7. The number of carbonyl (C=O) groups excluding carboxylic acids is 1. The Hall–Kier alpha value is -2.51. The highest BCUT2D eigenvalue weighted by atomic mass is 79.9. The third kappa shape index (κ3) is 4.66. The molecule has 144 valence electrons. The molecule has 0 saturated carbocycles. The fourth-order valence-electron chi connectivity index (χ4n) is 3.26. The highest BCUT2D eigenvalue weighted by Gasteiger charge is 2.22. The molecule has 1 saturated heterocycles. The van der Waals surface area contributed by atoms with Gasteiger partial charge in [0.15, 0.2) is 0 Å². The molecule has 1 aromatic heterocycles. The summed E-state index contributed by atoms with van der Waals surface area (Å²) in [4.78, 5) is 21.2. The molecule has 4 rings (SSSR count). The van der Waals surface area contributed by atoms with Crippen molar-refractivity contribution in [2.45, 2.75) is 13.0 Å². The maximum Gasteiger partial charge on any atom is 0.241 e. The number of benzene rings is 2. The Bertz CT molecular complexity index is 919. The van der Waals surface area contributed by atoms with Gasteiger partial charge in [0.1, 0.15) is 0 Å². The zero-order valence-corrected chi connectivity index (χ0v) is 17.0. The van der Waals surface area contributed by atoms with Crippen LogP contribution >= 0.6 is 15.9 Å². The highest BCUT2D eigenvalue weighted by Crippen LogP contribution is 2.17. The van der Waals surface area contributed by atoms with Gasteiger partial charge in [0.2, 0.25) is 17.6 Å². The molecular formula is C21H21BrN4O2. The van der Waals surface area contributed by atoms with Crippen LogP contribution in [-0.4, -0.2) is 52.0 Å². The molecule has 0 unspecified atom stereocenters. The van der Waals surface area contributed by atoms with E-state index in [1.165, 1.54) is 0 Å². The molecule has 0 spiro atoms. The number of hydrogen-bond acceptors (Lipinski definition) is 5. The first-order valence-electron chi connectivity index (χ1n) is 9.30. The Morgan fingerprint density at radius 1 is 1.00 bits per heavy atom. The Balaban J connectivity index is 1.28. The van der Waals surface area contributed by atoms with E-state index in [4.69, 9.17) is 4.52 Å². The summed E-state index contributed by atoms with van der Waals surface area (Å²) in [5, 5.41) is 4.07. The van der Waals surface area contributed by atoms with Crippen LogP contribution in [0.25, 0.3) is 11.4 Å². The van der Waals surface area contributed by atoms with Gasteiger partial charge >= 0.3 is 0 Å². The fourth-order valence-corrected chi connectivity index (χ4v) is 3.52. The number of nitrogens with zero attached hydrogens (tertiary/aromatic N) is 4. The number of piperazine rings is 1. The Kier molecular flexibility index (Phi) is 5.83. The second kappa shape index (κ2) is 8.67. The van der Waals surface area contributed by atoms with Crippen LogP contribution in [0.5, 0.6) is 0 Å². The molecule has 1 amide bonds. The van der Waals surface area contributed by atoms with Crippen LogP contribution in [0.1, 0.15) is 11.5 Å². The molecule has 0 bridgehead atoms. The molecule has 2 heterocycles. The summed E-state index contributed by atoms with van der Waals surface area (Å²) in [6.07, 6.45) is 0.442. The number of hydrogen-bond donors (Lipinski definition) is 0. The first kappa shape index (κ1) is 18.8. The molecule has 1 aliphatic heterocycles. The molecule has 0 N–H and O–H groups in total. The van der Waals surface area contributed by atoms with E-state index >= 15 is 0 Å². The number of halogens is 1. The number of rotatable bonds is 5. The number of carbonyl (C=O) groups is 1. The third-order valence-corrected chi connectivity index (χ3v) is 5.38. The monoisotopic (exact) mass is 440 g/mol. The van der Waals surface area contributed by atoms with Crippen LogP contribution < -0.4 is 0 Å². The van der Waals surface area contributed by atoms with Crippen molar-refractivity contribution in [2.24, 2.45) is 0 Å². The van der Waals surface area contributed by atoms with Crippen molar-refractivity contribution in [1.29, 1.82) is 0 Å². The second-order valence-electron chi connectivity index (χ2n) is 6.84. The SMILES string of the molecule is O=C(Cc1ccc(Br)cc1)N1CCN(Cc2nc(-c3ccccc3)no2)CC1. The largest absolute Gasteiger partial charge is 0.340 e. The van der Waals surface area contributed by atoms with Gasteiger partial charge in [-0.1, -0.05) is 63.6 Å². The summed E-state index contributed by atoms with van der Waals surface area (Å²) in [7, 11) is 0. The molecule has 6 nitrogen and oxygen atoms in total. The van der Waals surface area contributed by atoms with E-state index in [2.05, 4.69) is 31.0 Å². The van der Waals surface area contributed by atoms with Gasteiger partial charge in [-0.25, -0.2) is 0 Å². The van der Waals surface area contributed by atoms with E-state index in [1.807, 2.05) is 59.5 Å². The number of amides is 1. The van der Waals surface area contributed by atoms with E-state index in [-0.39, 0.29) is 5.91 Å². The van der Waals surface area contributed by atoms with Crippen molar-refractivity contribution in [3.8, 4) is 11.4 Å². The molecule has 1 fully saturated rings. The zero-order chi connectivity index (χ0) is 19.3. The minimum atomic E-state index is 0.172. The molecule has 3 aromatic rings. The second-order valence-corrected chi connectivity index (χ2v) is 7.75. The smallest absolute Gasteiger partial charge is 0.241 e. The van der Waals surface area contributed by atoms with E-state index in [1.54, 1.807) is 0 Å². The van der Waals surface area contributed by atoms with Gasteiger partial charge in [0.25, 0.3) is 0 Å². The quantitative estimate of drug-likeness (QED) is 0.608. The lowest BCUT2D eigenvalue weighted by Gasteiger charge is -2.34. The maximum absolute atomic E-state index is 12.5. The lowest BCUT2D eigenvalue weighted by Crippen LogP contribution is -2.48. The maximum atomic E-state index is 12.5. The van der Waals surface area contributed by atoms with E-state index in [9.17, 15) is 4.79 Å². The van der Waals surface area contributed by atoms with Crippen molar-refractivity contribution in [1.82, 2.24) is 19.9 Å². The van der Waals surface area contributed by atoms with Gasteiger partial charge in [0.05, 0.1) is 13.0 Å². The summed E-state index contributed by atoms with van der Waals surface area (Å²) in [6, 6.07) is 17.7. The average Bonchev–Trinajstić information content (AvgIpc) is 3.19. The van der Waals surface area contributed by atoms with Gasteiger partial charge < -0.3 is 9.42 Å². The molecule has 7 heteroatoms. The molecule has 0 radical (unpaired) electrons. The van der Waals surface area contributed by atoms with Crippen molar-refractivity contribution in [3.63, 3.8) is 0 Å². The average molecular weight is 441 g/mol. The third-order valence-electron chi connectivity index (χ3n) is 4.85. The lowest BCUT2D eigenvalue weighted by molar-refractivity contribution is -0.132. The molecule has 0 atom stereocenters. The predicted octanol–water partition coefficient (Wildman–Crippen LogP) is 3.39. The minimum absolute atomic E-state index is 0.172. The predicted molar refractivity (Wildman–Crippen MR) is 109 cm³/mol. The van der Waals surface area contributed by atoms with Crippen molar-refractivity contribution < 1.29 is 9.32 Å². The number of aromatic nitrogens is 2. The van der Waals surface area contributed by atoms with Gasteiger partial charge in [-0.3, -0.25) is 9.69 Å². The Morgan fingerprint density at radius 2 is 1.71 bits per heavy atom. The van der Waals surface area contributed by atoms with Gasteiger partial charge in [-0.05, 0) is 17.7 Å². The van der Waals surface area contributed by atoms with Crippen LogP contribution in [0.2, 0.25) is 0 Å². The molecule has 0 aliphatic carbocycles. The highest BCUT2D eigenvalue weighted by molar-refractivity contribution is 9.10. The molecule has 1 aliphatic rings. The summed E-state index contributed by atoms with van der Waals surface area (Å²) in [6.45, 7) is 3.64. The van der Waals surface area contributed by atoms with E-state index < -0.39 is 0 Å². The van der Waals surface area contributed by atoms with Crippen LogP contribution in [-0.2, 0) is 17.8 Å². The normalized spacial score (nSPS) is 15.0. The van der Waals surface area contributed by atoms with E-state index in [0.29, 0.717) is 24.7 Å². The summed E-state index contributed by atoms with van der Waals surface area (Å²) >= 11 is 3.42. The van der Waals surface area contributed by atoms with Crippen molar-refractivity contribution >= 4 is 21.8 Å². The van der Waals surface area contributed by atoms with Gasteiger partial charge in [-0.15, -0.1) is 0 Å². The van der Waals surface area contributed by atoms with Gasteiger partial charge in [0, 0.05) is 36.2 Å². The van der Waals surface area contributed by atoms with Crippen LogP contribution in [0.15, 0.2) is 63.6 Å². The topological polar surface area (TPSA) is 62.5 Å². The summed E-state index contributed by atoms with van der Waals surface area (Å²) in [5.41, 5.74) is 1.98. The molecule has 2 aromatic carbocycles. The lowest BCUT2D eigenvalue weighted by atomic mass is 10.1. The van der Waals surface area contributed by atoms with Crippen LogP contribution in [0.3, 0.4) is 0 Å². The van der Waals surface area contributed by atoms with Crippen LogP contribution in [0.4, 0.5) is 0 Å². The van der Waals surface area contributed by atoms with Crippen molar-refractivity contribution in [2.75, 3.05) is 26.2 Å². The zero-order valence-electron chi connectivity index (χ0n) is 15.4.